The Bertz CT molecular complexity index is 3730. The zero-order valence-electron chi connectivity index (χ0n) is 35.5. The van der Waals surface area contributed by atoms with Crippen molar-refractivity contribution in [1.82, 2.24) is 0 Å². The van der Waals surface area contributed by atoms with Crippen LogP contribution in [0.4, 0.5) is 17.1 Å². The highest BCUT2D eigenvalue weighted by Crippen LogP contribution is 2.57. The number of benzene rings is 11. The van der Waals surface area contributed by atoms with E-state index in [9.17, 15) is 0 Å². The first-order chi connectivity index (χ1) is 32.2. The number of hydrogen-bond donors (Lipinski definition) is 0. The van der Waals surface area contributed by atoms with Gasteiger partial charge < -0.3 is 9.32 Å². The van der Waals surface area contributed by atoms with Crippen molar-refractivity contribution >= 4 is 60.5 Å². The summed E-state index contributed by atoms with van der Waals surface area (Å²) >= 11 is 0. The summed E-state index contributed by atoms with van der Waals surface area (Å²) in [5.74, 6) is 0. The van der Waals surface area contributed by atoms with E-state index in [0.717, 1.165) is 39.0 Å². The molecule has 1 aliphatic carbocycles. The quantitative estimate of drug-likeness (QED) is 0.159. The van der Waals surface area contributed by atoms with Gasteiger partial charge in [0, 0.05) is 33.9 Å². The predicted molar refractivity (Wildman–Crippen MR) is 272 cm³/mol. The van der Waals surface area contributed by atoms with Crippen LogP contribution in [-0.2, 0) is 5.41 Å². The lowest BCUT2D eigenvalue weighted by atomic mass is 9.67. The van der Waals surface area contributed by atoms with Gasteiger partial charge in [0.05, 0.1) is 5.41 Å². The van der Waals surface area contributed by atoms with Crippen molar-refractivity contribution in [3.8, 4) is 33.4 Å². The van der Waals surface area contributed by atoms with Gasteiger partial charge in [-0.3, -0.25) is 0 Å². The van der Waals surface area contributed by atoms with Crippen LogP contribution < -0.4 is 4.90 Å². The van der Waals surface area contributed by atoms with Crippen LogP contribution in [0.25, 0.3) is 76.9 Å². The number of rotatable bonds is 7. The zero-order chi connectivity index (χ0) is 42.9. The molecule has 0 N–H and O–H groups in total. The molecule has 12 aromatic rings. The summed E-state index contributed by atoms with van der Waals surface area (Å²) in [5, 5.41) is 7.19. The molecule has 2 heteroatoms. The van der Waals surface area contributed by atoms with Crippen LogP contribution in [0.15, 0.2) is 253 Å². The van der Waals surface area contributed by atoms with Crippen LogP contribution in [-0.4, -0.2) is 0 Å². The van der Waals surface area contributed by atoms with E-state index < -0.39 is 5.41 Å². The molecule has 13 rings (SSSR count). The maximum absolute atomic E-state index is 6.51. The fourth-order valence-electron chi connectivity index (χ4n) is 10.6. The van der Waals surface area contributed by atoms with Crippen LogP contribution in [0.5, 0.6) is 0 Å². The lowest BCUT2D eigenvalue weighted by Gasteiger charge is -2.35. The van der Waals surface area contributed by atoms with E-state index in [-0.39, 0.29) is 0 Å². The summed E-state index contributed by atoms with van der Waals surface area (Å²) in [7, 11) is 0. The van der Waals surface area contributed by atoms with Crippen molar-refractivity contribution < 1.29 is 4.42 Å². The highest BCUT2D eigenvalue weighted by Gasteiger charge is 2.46. The highest BCUT2D eigenvalue weighted by molar-refractivity contribution is 6.06. The second kappa shape index (κ2) is 14.8. The number of hydrogen-bond acceptors (Lipinski definition) is 2. The van der Waals surface area contributed by atoms with E-state index in [0.29, 0.717) is 0 Å². The Morgan fingerprint density at radius 1 is 0.292 bits per heavy atom. The van der Waals surface area contributed by atoms with E-state index in [2.05, 4.69) is 241 Å². The van der Waals surface area contributed by atoms with Crippen molar-refractivity contribution in [2.45, 2.75) is 5.41 Å². The van der Waals surface area contributed by atoms with Crippen molar-refractivity contribution in [3.05, 3.63) is 271 Å². The molecule has 2 nitrogen and oxygen atoms in total. The van der Waals surface area contributed by atoms with Gasteiger partial charge in [-0.1, -0.05) is 182 Å². The predicted octanol–water partition coefficient (Wildman–Crippen LogP) is 17.1. The van der Waals surface area contributed by atoms with Gasteiger partial charge in [0.25, 0.3) is 0 Å². The molecule has 1 aromatic heterocycles. The minimum Gasteiger partial charge on any atom is -0.456 e. The molecule has 0 atom stereocenters. The van der Waals surface area contributed by atoms with Crippen LogP contribution in [0.2, 0.25) is 0 Å². The second-order valence-corrected chi connectivity index (χ2v) is 17.3. The van der Waals surface area contributed by atoms with Crippen LogP contribution in [0.1, 0.15) is 22.3 Å². The van der Waals surface area contributed by atoms with Crippen LogP contribution >= 0.6 is 0 Å². The summed E-state index contributed by atoms with van der Waals surface area (Å²) in [6.07, 6.45) is 0. The van der Waals surface area contributed by atoms with Crippen LogP contribution in [0, 0.1) is 0 Å². The lowest BCUT2D eigenvalue weighted by Crippen LogP contribution is -2.28. The Hall–Kier alpha value is -8.46. The normalized spacial score (nSPS) is 12.7. The average Bonchev–Trinajstić information content (AvgIpc) is 3.90. The summed E-state index contributed by atoms with van der Waals surface area (Å²) < 4.78 is 6.51. The Labute approximate surface area is 377 Å². The van der Waals surface area contributed by atoms with Gasteiger partial charge in [-0.05, 0) is 138 Å². The molecule has 0 fully saturated rings. The molecule has 0 spiro atoms. The summed E-state index contributed by atoms with van der Waals surface area (Å²) in [6.45, 7) is 0. The Kier molecular flexibility index (Phi) is 8.47. The molecule has 1 heterocycles. The maximum atomic E-state index is 6.51. The topological polar surface area (TPSA) is 16.4 Å². The molecular formula is C63H41NO. The molecule has 0 amide bonds. The van der Waals surface area contributed by atoms with Gasteiger partial charge in [0.15, 0.2) is 0 Å². The van der Waals surface area contributed by atoms with E-state index in [1.807, 2.05) is 12.1 Å². The molecule has 0 bridgehead atoms. The molecule has 0 saturated carbocycles. The van der Waals surface area contributed by atoms with Gasteiger partial charge in [0.1, 0.15) is 11.2 Å². The molecule has 0 radical (unpaired) electrons. The first-order valence-electron chi connectivity index (χ1n) is 22.4. The molecular weight excluding hydrogens is 787 g/mol. The maximum Gasteiger partial charge on any atom is 0.137 e. The zero-order valence-corrected chi connectivity index (χ0v) is 35.5. The van der Waals surface area contributed by atoms with E-state index in [4.69, 9.17) is 4.42 Å². The number of furan rings is 1. The third kappa shape index (κ3) is 5.95. The largest absolute Gasteiger partial charge is 0.456 e. The first kappa shape index (κ1) is 37.1. The van der Waals surface area contributed by atoms with Gasteiger partial charge >= 0.3 is 0 Å². The molecule has 0 aliphatic heterocycles. The second-order valence-electron chi connectivity index (χ2n) is 17.3. The monoisotopic (exact) mass is 827 g/mol. The summed E-state index contributed by atoms with van der Waals surface area (Å²) in [4.78, 5) is 2.38. The minimum atomic E-state index is -0.519. The fourth-order valence-corrected chi connectivity index (χ4v) is 10.6. The van der Waals surface area contributed by atoms with E-state index in [1.165, 1.54) is 77.2 Å². The van der Waals surface area contributed by atoms with Gasteiger partial charge in [-0.25, -0.2) is 0 Å². The van der Waals surface area contributed by atoms with Gasteiger partial charge in [0.2, 0.25) is 0 Å². The van der Waals surface area contributed by atoms with Gasteiger partial charge in [-0.15, -0.1) is 0 Å². The van der Waals surface area contributed by atoms with Crippen molar-refractivity contribution in [2.75, 3.05) is 4.90 Å². The van der Waals surface area contributed by atoms with Crippen LogP contribution in [0.3, 0.4) is 0 Å². The smallest absolute Gasteiger partial charge is 0.137 e. The molecule has 304 valence electrons. The number of nitrogens with zero attached hydrogens (tertiary/aromatic N) is 1. The number of anilines is 3. The summed E-state index contributed by atoms with van der Waals surface area (Å²) in [6, 6.07) is 90.9. The third-order valence-corrected chi connectivity index (χ3v) is 13.7. The van der Waals surface area contributed by atoms with Crippen molar-refractivity contribution in [3.63, 3.8) is 0 Å². The van der Waals surface area contributed by atoms with Crippen molar-refractivity contribution in [1.29, 1.82) is 0 Å². The first-order valence-corrected chi connectivity index (χ1v) is 22.4. The third-order valence-electron chi connectivity index (χ3n) is 13.7. The number of para-hydroxylation sites is 1. The Morgan fingerprint density at radius 3 is 1.51 bits per heavy atom. The molecule has 65 heavy (non-hydrogen) atoms. The minimum absolute atomic E-state index is 0.519. The summed E-state index contributed by atoms with van der Waals surface area (Å²) in [5.41, 5.74) is 16.8. The fraction of sp³-hybridized carbons (Fsp3) is 0.0159. The van der Waals surface area contributed by atoms with Crippen molar-refractivity contribution in [2.24, 2.45) is 0 Å². The SMILES string of the molecule is c1ccc(C2(c3ccccc3)c3ccccc3-c3ccc(N(c4ccc(-c5ccc6cc(-c7ccc8ccccc8c7)ccc6c5)cc4)c4ccc5c(c4)oc4ccccc45)cc32)cc1. The van der Waals surface area contributed by atoms with E-state index in [1.54, 1.807) is 0 Å². The molecule has 11 aromatic carbocycles. The Morgan fingerprint density at radius 2 is 0.785 bits per heavy atom. The van der Waals surface area contributed by atoms with E-state index >= 15 is 0 Å². The lowest BCUT2D eigenvalue weighted by molar-refractivity contribution is 0.669. The Balaban J connectivity index is 0.940. The average molecular weight is 828 g/mol. The highest BCUT2D eigenvalue weighted by atomic mass is 16.3. The number of fused-ring (bicyclic) bond motifs is 8. The van der Waals surface area contributed by atoms with Gasteiger partial charge in [-0.2, -0.15) is 0 Å². The standard InChI is InChI=1S/C63H41NO/c1-3-15-50(16-4-1)63(51-17-5-2-6-18-51)59-21-11-9-19-55(59)56-35-33-53(40-60(56)63)64(54-34-36-58-57-20-10-12-22-61(57)65-62(58)41-54)52-31-29-43(30-32-52)45-25-26-48-39-49(28-27-47(48)38-45)46-24-23-42-13-7-8-14-44(42)37-46/h1-41H. The molecule has 1 aliphatic rings. The molecule has 0 unspecified atom stereocenters. The molecule has 0 saturated heterocycles.